The van der Waals surface area contributed by atoms with E-state index < -0.39 is 9.84 Å². The van der Waals surface area contributed by atoms with Crippen molar-refractivity contribution in [3.05, 3.63) is 24.2 Å². The van der Waals surface area contributed by atoms with Crippen molar-refractivity contribution in [1.82, 2.24) is 15.1 Å². The van der Waals surface area contributed by atoms with Crippen molar-refractivity contribution >= 4 is 15.9 Å². The molecule has 0 saturated carbocycles. The summed E-state index contributed by atoms with van der Waals surface area (Å²) in [5.41, 5.74) is 0. The third-order valence-corrected chi connectivity index (χ3v) is 6.32. The molecule has 3 rings (SSSR count). The van der Waals surface area contributed by atoms with Crippen molar-refractivity contribution in [2.45, 2.75) is 13.0 Å². The van der Waals surface area contributed by atoms with Gasteiger partial charge in [-0.2, -0.15) is 0 Å². The average molecular weight is 341 g/mol. The van der Waals surface area contributed by atoms with Gasteiger partial charge in [0.05, 0.1) is 24.3 Å². The summed E-state index contributed by atoms with van der Waals surface area (Å²) in [5.74, 6) is 1.44. The van der Waals surface area contributed by atoms with Crippen LogP contribution in [0.1, 0.15) is 12.2 Å². The van der Waals surface area contributed by atoms with Gasteiger partial charge in [-0.25, -0.2) is 13.2 Å². The molecule has 1 aromatic heterocycles. The average Bonchev–Trinajstić information content (AvgIpc) is 3.15. The third kappa shape index (κ3) is 4.48. The smallest absolute Gasteiger partial charge is 0.317 e. The van der Waals surface area contributed by atoms with Crippen LogP contribution in [0.3, 0.4) is 0 Å². The summed E-state index contributed by atoms with van der Waals surface area (Å²) in [7, 11) is -2.88. The van der Waals surface area contributed by atoms with Crippen molar-refractivity contribution in [1.29, 1.82) is 0 Å². The first-order valence-electron chi connectivity index (χ1n) is 8.00. The van der Waals surface area contributed by atoms with Gasteiger partial charge in [0, 0.05) is 32.7 Å². The number of nitrogens with one attached hydrogen (secondary N) is 1. The molecule has 0 aliphatic carbocycles. The van der Waals surface area contributed by atoms with E-state index in [1.165, 1.54) is 0 Å². The molecular formula is C15H23N3O4S. The Bertz CT molecular complexity index is 621. The van der Waals surface area contributed by atoms with Gasteiger partial charge in [0.25, 0.3) is 0 Å². The largest absolute Gasteiger partial charge is 0.468 e. The Kier molecular flexibility index (Phi) is 4.91. The minimum atomic E-state index is -2.88. The molecule has 1 N–H and O–H groups in total. The number of hydrogen-bond donors (Lipinski definition) is 1. The molecule has 3 heterocycles. The van der Waals surface area contributed by atoms with E-state index in [0.29, 0.717) is 26.1 Å². The van der Waals surface area contributed by atoms with Crippen LogP contribution in [-0.2, 0) is 16.4 Å². The fourth-order valence-electron chi connectivity index (χ4n) is 3.11. The lowest BCUT2D eigenvalue weighted by atomic mass is 10.1. The van der Waals surface area contributed by atoms with Gasteiger partial charge in [-0.3, -0.25) is 4.90 Å². The van der Waals surface area contributed by atoms with Crippen LogP contribution in [0.5, 0.6) is 0 Å². The number of furan rings is 1. The van der Waals surface area contributed by atoms with E-state index in [4.69, 9.17) is 4.42 Å². The zero-order valence-electron chi connectivity index (χ0n) is 13.1. The zero-order valence-corrected chi connectivity index (χ0v) is 13.9. The van der Waals surface area contributed by atoms with E-state index in [1.807, 2.05) is 12.1 Å². The van der Waals surface area contributed by atoms with Gasteiger partial charge >= 0.3 is 6.03 Å². The summed E-state index contributed by atoms with van der Waals surface area (Å²) in [6.07, 6.45) is 2.32. The maximum absolute atomic E-state index is 12.2. The van der Waals surface area contributed by atoms with Crippen LogP contribution < -0.4 is 5.32 Å². The predicted molar refractivity (Wildman–Crippen MR) is 85.7 cm³/mol. The summed E-state index contributed by atoms with van der Waals surface area (Å²) in [5, 5.41) is 2.88. The second-order valence-corrected chi connectivity index (χ2v) is 8.53. The molecule has 2 saturated heterocycles. The fraction of sp³-hybridized carbons (Fsp3) is 0.667. The maximum Gasteiger partial charge on any atom is 0.317 e. The van der Waals surface area contributed by atoms with Crippen molar-refractivity contribution in [2.75, 3.05) is 44.2 Å². The van der Waals surface area contributed by atoms with Crippen LogP contribution >= 0.6 is 0 Å². The summed E-state index contributed by atoms with van der Waals surface area (Å²) in [4.78, 5) is 16.2. The van der Waals surface area contributed by atoms with Crippen molar-refractivity contribution < 1.29 is 17.6 Å². The first-order chi connectivity index (χ1) is 11.0. The van der Waals surface area contributed by atoms with Gasteiger partial charge < -0.3 is 14.6 Å². The Hall–Kier alpha value is -1.54. The van der Waals surface area contributed by atoms with Crippen LogP contribution in [0.4, 0.5) is 4.79 Å². The standard InChI is InChI=1S/C15H23N3O4S/c19-15(16-10-13-3-9-23(20,21)12-13)18-6-4-17(5-7-18)11-14-2-1-8-22-14/h1-2,8,13H,3-7,9-12H2,(H,16,19). The first kappa shape index (κ1) is 16.3. The molecule has 128 valence electrons. The van der Waals surface area contributed by atoms with Gasteiger partial charge in [0.15, 0.2) is 9.84 Å². The number of piperazine rings is 1. The molecule has 0 bridgehead atoms. The quantitative estimate of drug-likeness (QED) is 0.864. The lowest BCUT2D eigenvalue weighted by Crippen LogP contribution is -2.52. The van der Waals surface area contributed by atoms with Crippen molar-refractivity contribution in [2.24, 2.45) is 5.92 Å². The van der Waals surface area contributed by atoms with Crippen molar-refractivity contribution in [3.8, 4) is 0 Å². The van der Waals surface area contributed by atoms with Gasteiger partial charge in [0.1, 0.15) is 5.76 Å². The molecule has 0 radical (unpaired) electrons. The van der Waals surface area contributed by atoms with Gasteiger partial charge in [-0.1, -0.05) is 0 Å². The Morgan fingerprint density at radius 1 is 1.30 bits per heavy atom. The zero-order chi connectivity index (χ0) is 16.3. The first-order valence-corrected chi connectivity index (χ1v) is 9.82. The topological polar surface area (TPSA) is 82.9 Å². The van der Waals surface area contributed by atoms with E-state index in [2.05, 4.69) is 10.2 Å². The molecular weight excluding hydrogens is 318 g/mol. The summed E-state index contributed by atoms with van der Waals surface area (Å²) < 4.78 is 28.2. The number of rotatable bonds is 4. The molecule has 1 unspecified atom stereocenters. The van der Waals surface area contributed by atoms with Crippen LogP contribution in [0.15, 0.2) is 22.8 Å². The number of carbonyl (C=O) groups is 1. The van der Waals surface area contributed by atoms with E-state index in [-0.39, 0.29) is 23.5 Å². The second-order valence-electron chi connectivity index (χ2n) is 6.30. The molecule has 0 spiro atoms. The number of amides is 2. The number of hydrogen-bond acceptors (Lipinski definition) is 5. The second kappa shape index (κ2) is 6.92. The molecule has 2 aliphatic rings. The molecule has 1 atom stereocenters. The highest BCUT2D eigenvalue weighted by atomic mass is 32.2. The Morgan fingerprint density at radius 3 is 2.70 bits per heavy atom. The van der Waals surface area contributed by atoms with Gasteiger partial charge in [-0.15, -0.1) is 0 Å². The number of carbonyl (C=O) groups excluding carboxylic acids is 1. The lowest BCUT2D eigenvalue weighted by Gasteiger charge is -2.34. The molecule has 8 heteroatoms. The number of urea groups is 1. The van der Waals surface area contributed by atoms with Crippen molar-refractivity contribution in [3.63, 3.8) is 0 Å². The highest BCUT2D eigenvalue weighted by molar-refractivity contribution is 7.91. The fourth-order valence-corrected chi connectivity index (χ4v) is 4.97. The summed E-state index contributed by atoms with van der Waals surface area (Å²) in [6, 6.07) is 3.74. The van der Waals surface area contributed by atoms with E-state index in [9.17, 15) is 13.2 Å². The monoisotopic (exact) mass is 341 g/mol. The SMILES string of the molecule is O=C(NCC1CCS(=O)(=O)C1)N1CCN(Cc2ccco2)CC1. The number of sulfone groups is 1. The maximum atomic E-state index is 12.2. The van der Waals surface area contributed by atoms with E-state index in [0.717, 1.165) is 25.4 Å². The molecule has 2 amide bonds. The van der Waals surface area contributed by atoms with Crippen LogP contribution in [0.2, 0.25) is 0 Å². The highest BCUT2D eigenvalue weighted by Gasteiger charge is 2.29. The third-order valence-electron chi connectivity index (χ3n) is 4.49. The lowest BCUT2D eigenvalue weighted by molar-refractivity contribution is 0.129. The van der Waals surface area contributed by atoms with Gasteiger partial charge in [-0.05, 0) is 24.5 Å². The molecule has 23 heavy (non-hydrogen) atoms. The van der Waals surface area contributed by atoms with E-state index >= 15 is 0 Å². The van der Waals surface area contributed by atoms with Crippen LogP contribution in [0.25, 0.3) is 0 Å². The summed E-state index contributed by atoms with van der Waals surface area (Å²) >= 11 is 0. The molecule has 1 aromatic rings. The summed E-state index contributed by atoms with van der Waals surface area (Å²) in [6.45, 7) is 4.19. The number of nitrogens with zero attached hydrogens (tertiary/aromatic N) is 2. The van der Waals surface area contributed by atoms with Crippen LogP contribution in [-0.4, -0.2) is 68.5 Å². The molecule has 2 fully saturated rings. The molecule has 0 aromatic carbocycles. The minimum absolute atomic E-state index is 0.0594. The predicted octanol–water partition coefficient (Wildman–Crippen LogP) is 0.542. The van der Waals surface area contributed by atoms with Gasteiger partial charge in [0.2, 0.25) is 0 Å². The Morgan fingerprint density at radius 2 is 2.09 bits per heavy atom. The van der Waals surface area contributed by atoms with Crippen LogP contribution in [0, 0.1) is 5.92 Å². The Balaban J connectivity index is 1.38. The Labute approximate surface area is 136 Å². The normalized spacial score (nSPS) is 24.7. The molecule has 2 aliphatic heterocycles. The minimum Gasteiger partial charge on any atom is -0.468 e. The highest BCUT2D eigenvalue weighted by Crippen LogP contribution is 2.17. The molecule has 7 nitrogen and oxygen atoms in total. The van der Waals surface area contributed by atoms with E-state index in [1.54, 1.807) is 11.2 Å².